The van der Waals surface area contributed by atoms with Crippen LogP contribution in [0.1, 0.15) is 11.4 Å². The van der Waals surface area contributed by atoms with E-state index in [4.69, 9.17) is 0 Å². The van der Waals surface area contributed by atoms with Crippen LogP contribution < -0.4 is 0 Å². The topological polar surface area (TPSA) is 43.6 Å². The number of hydrogen-bond donors (Lipinski definition) is 0. The van der Waals surface area contributed by atoms with Crippen LogP contribution in [0.3, 0.4) is 0 Å². The minimum absolute atomic E-state index is 0.746. The number of halogens is 2. The summed E-state index contributed by atoms with van der Waals surface area (Å²) < 4.78 is 3.54. The maximum atomic E-state index is 4.38. The average Bonchev–Trinajstić information content (AvgIpc) is 2.46. The van der Waals surface area contributed by atoms with Crippen LogP contribution in [0, 0.1) is 13.8 Å². The summed E-state index contributed by atoms with van der Waals surface area (Å²) in [5, 5.41) is 4.38. The van der Waals surface area contributed by atoms with Crippen LogP contribution in [-0.4, -0.2) is 19.7 Å². The summed E-state index contributed by atoms with van der Waals surface area (Å²) in [6.45, 7) is 3.93. The fourth-order valence-corrected chi connectivity index (χ4v) is 1.83. The molecule has 0 radical (unpaired) electrons. The van der Waals surface area contributed by atoms with Gasteiger partial charge in [0.1, 0.15) is 10.9 Å². The van der Waals surface area contributed by atoms with Gasteiger partial charge in [-0.2, -0.15) is 5.10 Å². The summed E-state index contributed by atoms with van der Waals surface area (Å²) in [7, 11) is 0. The van der Waals surface area contributed by atoms with Gasteiger partial charge in [0.15, 0.2) is 5.82 Å². The first-order chi connectivity index (χ1) is 7.09. The van der Waals surface area contributed by atoms with E-state index in [-0.39, 0.29) is 0 Å². The van der Waals surface area contributed by atoms with Gasteiger partial charge in [-0.05, 0) is 45.7 Å². The smallest absolute Gasteiger partial charge is 0.158 e. The largest absolute Gasteiger partial charge is 0.229 e. The summed E-state index contributed by atoms with van der Waals surface area (Å²) in [4.78, 5) is 8.14. The SMILES string of the molecule is Cc1nn(-c2cc(Br)ncn2)c(C)c1Br. The zero-order valence-corrected chi connectivity index (χ0v) is 11.4. The molecule has 0 atom stereocenters. The number of hydrogen-bond acceptors (Lipinski definition) is 3. The standard InChI is InChI=1S/C9H8Br2N4/c1-5-9(11)6(2)15(14-5)8-3-7(10)12-4-13-8/h3-4H,1-2H3. The summed E-state index contributed by atoms with van der Waals surface area (Å²) >= 11 is 6.78. The molecule has 2 rings (SSSR count). The third-order valence-electron chi connectivity index (χ3n) is 2.04. The Hall–Kier alpha value is -0.750. The van der Waals surface area contributed by atoms with Gasteiger partial charge < -0.3 is 0 Å². The van der Waals surface area contributed by atoms with Crippen molar-refractivity contribution in [1.29, 1.82) is 0 Å². The summed E-state index contributed by atoms with van der Waals surface area (Å²) in [5.41, 5.74) is 1.97. The number of rotatable bonds is 1. The molecule has 0 aliphatic rings. The predicted octanol–water partition coefficient (Wildman–Crippen LogP) is 2.80. The second kappa shape index (κ2) is 4.02. The molecule has 0 saturated carbocycles. The lowest BCUT2D eigenvalue weighted by Gasteiger charge is -2.02. The van der Waals surface area contributed by atoms with E-state index in [1.54, 1.807) is 4.68 Å². The molecule has 0 aliphatic carbocycles. The third kappa shape index (κ3) is 1.96. The van der Waals surface area contributed by atoms with Crippen molar-refractivity contribution in [2.24, 2.45) is 0 Å². The number of aryl methyl sites for hydroxylation is 1. The first-order valence-electron chi connectivity index (χ1n) is 4.29. The lowest BCUT2D eigenvalue weighted by Crippen LogP contribution is -2.02. The van der Waals surface area contributed by atoms with E-state index >= 15 is 0 Å². The van der Waals surface area contributed by atoms with Crippen molar-refractivity contribution in [3.63, 3.8) is 0 Å². The van der Waals surface area contributed by atoms with E-state index < -0.39 is 0 Å². The molecule has 2 aromatic rings. The highest BCUT2D eigenvalue weighted by Gasteiger charge is 2.11. The molecule has 15 heavy (non-hydrogen) atoms. The van der Waals surface area contributed by atoms with Crippen molar-refractivity contribution in [3.8, 4) is 5.82 Å². The Morgan fingerprint density at radius 1 is 1.20 bits per heavy atom. The van der Waals surface area contributed by atoms with E-state index in [2.05, 4.69) is 46.9 Å². The minimum atomic E-state index is 0.746. The molecule has 0 saturated heterocycles. The van der Waals surface area contributed by atoms with Gasteiger partial charge in [-0.25, -0.2) is 14.6 Å². The molecule has 0 fully saturated rings. The van der Waals surface area contributed by atoms with Crippen molar-refractivity contribution in [2.75, 3.05) is 0 Å². The van der Waals surface area contributed by atoms with Gasteiger partial charge in [0.2, 0.25) is 0 Å². The molecular formula is C9H8Br2N4. The zero-order valence-electron chi connectivity index (χ0n) is 8.20. The van der Waals surface area contributed by atoms with Crippen LogP contribution in [0.4, 0.5) is 0 Å². The summed E-state index contributed by atoms with van der Waals surface area (Å²) in [5.74, 6) is 0.753. The highest BCUT2D eigenvalue weighted by Crippen LogP contribution is 2.22. The number of nitrogens with zero attached hydrogens (tertiary/aromatic N) is 4. The lowest BCUT2D eigenvalue weighted by molar-refractivity contribution is 0.798. The zero-order chi connectivity index (χ0) is 11.0. The monoisotopic (exact) mass is 330 g/mol. The second-order valence-electron chi connectivity index (χ2n) is 3.10. The maximum Gasteiger partial charge on any atom is 0.158 e. The normalized spacial score (nSPS) is 10.7. The molecule has 2 heterocycles. The quantitative estimate of drug-likeness (QED) is 0.755. The van der Waals surface area contributed by atoms with E-state index in [1.807, 2.05) is 19.9 Å². The van der Waals surface area contributed by atoms with Gasteiger partial charge >= 0.3 is 0 Å². The molecule has 0 N–H and O–H groups in total. The predicted molar refractivity (Wildman–Crippen MR) is 64.0 cm³/mol. The number of aromatic nitrogens is 4. The van der Waals surface area contributed by atoms with Gasteiger partial charge in [-0.15, -0.1) is 0 Å². The van der Waals surface area contributed by atoms with Crippen LogP contribution in [0.15, 0.2) is 21.5 Å². The highest BCUT2D eigenvalue weighted by atomic mass is 79.9. The van der Waals surface area contributed by atoms with Crippen molar-refractivity contribution in [1.82, 2.24) is 19.7 Å². The Morgan fingerprint density at radius 3 is 2.47 bits per heavy atom. The Labute approximate surface area is 104 Å². The molecule has 0 aliphatic heterocycles. The van der Waals surface area contributed by atoms with Crippen LogP contribution in [0.2, 0.25) is 0 Å². The van der Waals surface area contributed by atoms with Crippen LogP contribution in [0.25, 0.3) is 5.82 Å². The minimum Gasteiger partial charge on any atom is -0.229 e. The van der Waals surface area contributed by atoms with Gasteiger partial charge in [0, 0.05) is 6.07 Å². The van der Waals surface area contributed by atoms with Gasteiger partial charge in [-0.1, -0.05) is 0 Å². The van der Waals surface area contributed by atoms with Crippen molar-refractivity contribution in [2.45, 2.75) is 13.8 Å². The van der Waals surface area contributed by atoms with Gasteiger partial charge in [-0.3, -0.25) is 0 Å². The Bertz CT molecular complexity index is 507. The van der Waals surface area contributed by atoms with E-state index in [0.717, 1.165) is 26.3 Å². The molecule has 0 bridgehead atoms. The molecule has 0 spiro atoms. The Kier molecular flexibility index (Phi) is 2.88. The first kappa shape index (κ1) is 10.8. The first-order valence-corrected chi connectivity index (χ1v) is 5.88. The molecule has 78 valence electrons. The molecule has 0 aromatic carbocycles. The van der Waals surface area contributed by atoms with Crippen molar-refractivity contribution >= 4 is 31.9 Å². The Morgan fingerprint density at radius 2 is 1.93 bits per heavy atom. The second-order valence-corrected chi connectivity index (χ2v) is 4.70. The molecule has 0 amide bonds. The van der Waals surface area contributed by atoms with Crippen LogP contribution in [0.5, 0.6) is 0 Å². The fourth-order valence-electron chi connectivity index (χ4n) is 1.29. The average molecular weight is 332 g/mol. The van der Waals surface area contributed by atoms with Gasteiger partial charge in [0.25, 0.3) is 0 Å². The van der Waals surface area contributed by atoms with E-state index in [9.17, 15) is 0 Å². The van der Waals surface area contributed by atoms with E-state index in [1.165, 1.54) is 6.33 Å². The van der Waals surface area contributed by atoms with E-state index in [0.29, 0.717) is 0 Å². The highest BCUT2D eigenvalue weighted by molar-refractivity contribution is 9.10. The molecule has 0 unspecified atom stereocenters. The van der Waals surface area contributed by atoms with Gasteiger partial charge in [0.05, 0.1) is 15.9 Å². The summed E-state index contributed by atoms with van der Waals surface area (Å²) in [6.07, 6.45) is 1.50. The van der Waals surface area contributed by atoms with Crippen LogP contribution in [-0.2, 0) is 0 Å². The Balaban J connectivity index is 2.59. The third-order valence-corrected chi connectivity index (χ3v) is 3.62. The maximum absolute atomic E-state index is 4.38. The molecular weight excluding hydrogens is 324 g/mol. The fraction of sp³-hybridized carbons (Fsp3) is 0.222. The van der Waals surface area contributed by atoms with Crippen LogP contribution >= 0.6 is 31.9 Å². The lowest BCUT2D eigenvalue weighted by atomic mass is 10.4. The molecule has 4 nitrogen and oxygen atoms in total. The summed E-state index contributed by atoms with van der Waals surface area (Å²) in [6, 6.07) is 1.83. The van der Waals surface area contributed by atoms with Crippen molar-refractivity contribution in [3.05, 3.63) is 32.9 Å². The molecule has 2 aromatic heterocycles. The molecule has 6 heteroatoms. The van der Waals surface area contributed by atoms with Crippen molar-refractivity contribution < 1.29 is 0 Å².